The molecule has 0 saturated heterocycles. The van der Waals surface area contributed by atoms with Gasteiger partial charge in [-0.2, -0.15) is 5.26 Å². The van der Waals surface area contributed by atoms with Gasteiger partial charge in [0.05, 0.1) is 11.6 Å². The lowest BCUT2D eigenvalue weighted by atomic mass is 10.1. The minimum atomic E-state index is -0.414. The summed E-state index contributed by atoms with van der Waals surface area (Å²) in [5.74, 6) is 0.827. The molecule has 0 aromatic heterocycles. The van der Waals surface area contributed by atoms with Crippen molar-refractivity contribution < 1.29 is 8.78 Å². The van der Waals surface area contributed by atoms with Crippen LogP contribution < -0.4 is 10.6 Å². The second kappa shape index (κ2) is 10.4. The molecule has 2 rings (SSSR count). The first-order valence-electron chi connectivity index (χ1n) is 8.14. The maximum Gasteiger partial charge on any atom is 0.191 e. The number of aliphatic imine (C=N–C) groups is 1. The van der Waals surface area contributed by atoms with E-state index in [-0.39, 0.29) is 12.4 Å². The molecule has 0 fully saturated rings. The summed E-state index contributed by atoms with van der Waals surface area (Å²) in [4.78, 5) is 5.14. The van der Waals surface area contributed by atoms with Gasteiger partial charge >= 0.3 is 0 Å². The Morgan fingerprint density at radius 1 is 1.15 bits per heavy atom. The lowest BCUT2D eigenvalue weighted by Gasteiger charge is -2.12. The zero-order valence-corrected chi connectivity index (χ0v) is 15.2. The molecule has 0 aliphatic heterocycles. The molecular formula is C19H20F2N4S. The SMILES string of the molecule is CN=C(NCCCSc1ccc(F)cc1)NCc1ccc(C#N)cc1F. The molecule has 136 valence electrons. The van der Waals surface area contributed by atoms with Gasteiger partial charge < -0.3 is 10.6 Å². The van der Waals surface area contributed by atoms with Gasteiger partial charge in [0.1, 0.15) is 11.6 Å². The first-order valence-corrected chi connectivity index (χ1v) is 9.12. The van der Waals surface area contributed by atoms with Crippen molar-refractivity contribution in [2.45, 2.75) is 17.9 Å². The van der Waals surface area contributed by atoms with Crippen LogP contribution in [0.2, 0.25) is 0 Å². The van der Waals surface area contributed by atoms with Crippen LogP contribution in [0.1, 0.15) is 17.5 Å². The third kappa shape index (κ3) is 6.37. The van der Waals surface area contributed by atoms with Crippen LogP contribution in [0.3, 0.4) is 0 Å². The van der Waals surface area contributed by atoms with E-state index in [4.69, 9.17) is 5.26 Å². The minimum Gasteiger partial charge on any atom is -0.356 e. The lowest BCUT2D eigenvalue weighted by molar-refractivity contribution is 0.604. The lowest BCUT2D eigenvalue weighted by Crippen LogP contribution is -2.37. The topological polar surface area (TPSA) is 60.2 Å². The largest absolute Gasteiger partial charge is 0.356 e. The van der Waals surface area contributed by atoms with E-state index >= 15 is 0 Å². The van der Waals surface area contributed by atoms with Crippen LogP contribution >= 0.6 is 11.8 Å². The standard InChI is InChI=1S/C19H20F2N4S/c1-23-19(25-13-15-4-3-14(12-22)11-18(15)21)24-9-2-10-26-17-7-5-16(20)6-8-17/h3-8,11H,2,9-10,13H2,1H3,(H2,23,24,25). The first kappa shape index (κ1) is 19.7. The Morgan fingerprint density at radius 3 is 2.58 bits per heavy atom. The Bertz CT molecular complexity index is 785. The molecule has 0 aliphatic carbocycles. The number of benzene rings is 2. The van der Waals surface area contributed by atoms with Crippen molar-refractivity contribution in [1.29, 1.82) is 5.26 Å². The molecule has 0 unspecified atom stereocenters. The second-order valence-corrected chi connectivity index (χ2v) is 6.59. The van der Waals surface area contributed by atoms with E-state index in [2.05, 4.69) is 15.6 Å². The van der Waals surface area contributed by atoms with Gasteiger partial charge in [0.2, 0.25) is 0 Å². The molecule has 0 radical (unpaired) electrons. The van der Waals surface area contributed by atoms with E-state index in [1.807, 2.05) is 6.07 Å². The summed E-state index contributed by atoms with van der Waals surface area (Å²) in [5, 5.41) is 15.0. The molecule has 0 bridgehead atoms. The molecule has 0 amide bonds. The van der Waals surface area contributed by atoms with Crippen LogP contribution in [0.25, 0.3) is 0 Å². The van der Waals surface area contributed by atoms with Gasteiger partial charge in [-0.25, -0.2) is 8.78 Å². The predicted molar refractivity (Wildman–Crippen MR) is 101 cm³/mol. The average Bonchev–Trinajstić information content (AvgIpc) is 2.66. The van der Waals surface area contributed by atoms with Crippen LogP contribution in [0.5, 0.6) is 0 Å². The van der Waals surface area contributed by atoms with Gasteiger partial charge in [0, 0.05) is 30.6 Å². The van der Waals surface area contributed by atoms with Crippen LogP contribution in [0.4, 0.5) is 8.78 Å². The molecule has 2 aromatic carbocycles. The summed E-state index contributed by atoms with van der Waals surface area (Å²) in [5.41, 5.74) is 0.770. The second-order valence-electron chi connectivity index (χ2n) is 5.43. The van der Waals surface area contributed by atoms with Crippen molar-refractivity contribution in [3.63, 3.8) is 0 Å². The Morgan fingerprint density at radius 2 is 1.92 bits per heavy atom. The zero-order chi connectivity index (χ0) is 18.8. The number of rotatable bonds is 7. The van der Waals surface area contributed by atoms with Crippen molar-refractivity contribution in [3.8, 4) is 6.07 Å². The Hall–Kier alpha value is -2.59. The molecule has 0 saturated carbocycles. The number of hydrogen-bond donors (Lipinski definition) is 2. The van der Waals surface area contributed by atoms with Gasteiger partial charge in [-0.15, -0.1) is 11.8 Å². The van der Waals surface area contributed by atoms with Gasteiger partial charge in [-0.3, -0.25) is 4.99 Å². The Kier molecular flexibility index (Phi) is 7.90. The third-order valence-electron chi connectivity index (χ3n) is 3.55. The van der Waals surface area contributed by atoms with Crippen molar-refractivity contribution in [2.75, 3.05) is 19.3 Å². The minimum absolute atomic E-state index is 0.232. The van der Waals surface area contributed by atoms with Crippen LogP contribution in [-0.2, 0) is 6.54 Å². The normalized spacial score (nSPS) is 11.1. The molecule has 0 aliphatic rings. The van der Waals surface area contributed by atoms with Crippen LogP contribution in [0.15, 0.2) is 52.4 Å². The zero-order valence-electron chi connectivity index (χ0n) is 14.4. The smallest absolute Gasteiger partial charge is 0.191 e. The van der Waals surface area contributed by atoms with Gasteiger partial charge in [-0.05, 0) is 48.6 Å². The van der Waals surface area contributed by atoms with Crippen molar-refractivity contribution in [3.05, 3.63) is 65.2 Å². The molecule has 2 N–H and O–H groups in total. The Balaban J connectivity index is 1.69. The summed E-state index contributed by atoms with van der Waals surface area (Å²) in [6.07, 6.45) is 0.897. The first-order chi connectivity index (χ1) is 12.6. The fraction of sp³-hybridized carbons (Fsp3) is 0.263. The number of guanidine groups is 1. The molecule has 0 heterocycles. The van der Waals surface area contributed by atoms with Gasteiger partial charge in [0.15, 0.2) is 5.96 Å². The third-order valence-corrected chi connectivity index (χ3v) is 4.65. The van der Waals surface area contributed by atoms with Crippen LogP contribution in [0, 0.1) is 23.0 Å². The molecule has 0 atom stereocenters. The molecule has 26 heavy (non-hydrogen) atoms. The highest BCUT2D eigenvalue weighted by Crippen LogP contribution is 2.18. The van der Waals surface area contributed by atoms with Gasteiger partial charge in [0.25, 0.3) is 0 Å². The van der Waals surface area contributed by atoms with Gasteiger partial charge in [-0.1, -0.05) is 6.07 Å². The highest BCUT2D eigenvalue weighted by atomic mass is 32.2. The molecule has 2 aromatic rings. The average molecular weight is 374 g/mol. The summed E-state index contributed by atoms with van der Waals surface area (Å²) in [6.45, 7) is 0.991. The molecular weight excluding hydrogens is 354 g/mol. The van der Waals surface area contributed by atoms with E-state index in [1.165, 1.54) is 18.2 Å². The monoisotopic (exact) mass is 374 g/mol. The molecule has 0 spiro atoms. The van der Waals surface area contributed by atoms with Crippen molar-refractivity contribution in [1.82, 2.24) is 10.6 Å². The number of hydrogen-bond acceptors (Lipinski definition) is 3. The number of nitriles is 1. The quantitative estimate of drug-likeness (QED) is 0.336. The number of nitrogens with one attached hydrogen (secondary N) is 2. The number of thioether (sulfide) groups is 1. The predicted octanol–water partition coefficient (Wildman–Crippen LogP) is 3.68. The number of nitrogens with zero attached hydrogens (tertiary/aromatic N) is 2. The fourth-order valence-corrected chi connectivity index (χ4v) is 3.01. The fourth-order valence-electron chi connectivity index (χ4n) is 2.16. The van der Waals surface area contributed by atoms with Crippen molar-refractivity contribution in [2.24, 2.45) is 4.99 Å². The molecule has 4 nitrogen and oxygen atoms in total. The summed E-state index contributed by atoms with van der Waals surface area (Å²) in [6, 6.07) is 12.7. The van der Waals surface area contributed by atoms with E-state index in [9.17, 15) is 8.78 Å². The van der Waals surface area contributed by atoms with E-state index in [1.54, 1.807) is 43.1 Å². The van der Waals surface area contributed by atoms with E-state index in [0.717, 1.165) is 17.1 Å². The van der Waals surface area contributed by atoms with E-state index in [0.29, 0.717) is 23.6 Å². The highest BCUT2D eigenvalue weighted by Gasteiger charge is 2.05. The van der Waals surface area contributed by atoms with Crippen LogP contribution in [-0.4, -0.2) is 25.3 Å². The highest BCUT2D eigenvalue weighted by molar-refractivity contribution is 7.99. The molecule has 7 heteroatoms. The number of halogens is 2. The van der Waals surface area contributed by atoms with E-state index < -0.39 is 5.82 Å². The summed E-state index contributed by atoms with van der Waals surface area (Å²) < 4.78 is 26.7. The summed E-state index contributed by atoms with van der Waals surface area (Å²) >= 11 is 1.66. The maximum absolute atomic E-state index is 13.9. The Labute approximate surface area is 156 Å². The maximum atomic E-state index is 13.9. The summed E-state index contributed by atoms with van der Waals surface area (Å²) in [7, 11) is 1.65. The van der Waals surface area contributed by atoms with Crippen molar-refractivity contribution >= 4 is 17.7 Å².